The van der Waals surface area contributed by atoms with Crippen LogP contribution >= 0.6 is 0 Å². The Morgan fingerprint density at radius 2 is 1.37 bits per heavy atom. The lowest BCUT2D eigenvalue weighted by atomic mass is 9.86. The zero-order valence-electron chi connectivity index (χ0n) is 16.7. The van der Waals surface area contributed by atoms with E-state index in [-0.39, 0.29) is 17.2 Å². The highest BCUT2D eigenvalue weighted by atomic mass is 16.2. The fraction of sp³-hybridized carbons (Fsp3) is 0.455. The van der Waals surface area contributed by atoms with Gasteiger partial charge in [-0.15, -0.1) is 0 Å². The fourth-order valence-corrected chi connectivity index (χ4v) is 3.43. The third-order valence-corrected chi connectivity index (χ3v) is 5.15. The van der Waals surface area contributed by atoms with Gasteiger partial charge in [0, 0.05) is 51.2 Å². The summed E-state index contributed by atoms with van der Waals surface area (Å²) in [6.45, 7) is 8.99. The van der Waals surface area contributed by atoms with Crippen LogP contribution in [0.5, 0.6) is 0 Å². The molecule has 0 atom stereocenters. The first-order valence-electron chi connectivity index (χ1n) is 9.57. The minimum atomic E-state index is 0.0411. The molecule has 2 heterocycles. The van der Waals surface area contributed by atoms with Gasteiger partial charge in [-0.2, -0.15) is 0 Å². The summed E-state index contributed by atoms with van der Waals surface area (Å²) in [6.07, 6.45) is 4.51. The van der Waals surface area contributed by atoms with Crippen molar-refractivity contribution in [2.75, 3.05) is 26.2 Å². The highest BCUT2D eigenvalue weighted by Gasteiger charge is 2.24. The molecule has 0 aliphatic carbocycles. The number of aromatic nitrogens is 1. The van der Waals surface area contributed by atoms with Gasteiger partial charge < -0.3 is 14.4 Å². The molecule has 3 rings (SSSR count). The van der Waals surface area contributed by atoms with Crippen LogP contribution in [-0.2, 0) is 12.5 Å². The molecule has 1 aliphatic rings. The summed E-state index contributed by atoms with van der Waals surface area (Å²) in [5, 5.41) is 0. The van der Waals surface area contributed by atoms with E-state index in [0.29, 0.717) is 37.3 Å². The van der Waals surface area contributed by atoms with E-state index in [1.807, 2.05) is 64.1 Å². The van der Waals surface area contributed by atoms with Gasteiger partial charge >= 0.3 is 0 Å². The Balaban J connectivity index is 1.65. The molecule has 1 saturated heterocycles. The lowest BCUT2D eigenvalue weighted by Crippen LogP contribution is -2.37. The average molecular weight is 367 g/mol. The van der Waals surface area contributed by atoms with Crippen molar-refractivity contribution in [3.63, 3.8) is 0 Å². The molecule has 0 unspecified atom stereocenters. The van der Waals surface area contributed by atoms with Crippen LogP contribution in [0.2, 0.25) is 0 Å². The molecular formula is C22H29N3O2. The number of aryl methyl sites for hydroxylation is 1. The number of hydrogen-bond donors (Lipinski definition) is 0. The molecule has 1 aliphatic heterocycles. The van der Waals surface area contributed by atoms with E-state index >= 15 is 0 Å². The molecule has 5 nitrogen and oxygen atoms in total. The van der Waals surface area contributed by atoms with Crippen LogP contribution in [0.15, 0.2) is 42.7 Å². The van der Waals surface area contributed by atoms with E-state index in [4.69, 9.17) is 0 Å². The van der Waals surface area contributed by atoms with Crippen molar-refractivity contribution in [2.24, 2.45) is 7.05 Å². The van der Waals surface area contributed by atoms with Gasteiger partial charge in [0.15, 0.2) is 0 Å². The van der Waals surface area contributed by atoms with E-state index in [9.17, 15) is 9.59 Å². The van der Waals surface area contributed by atoms with Gasteiger partial charge in [0.2, 0.25) is 0 Å². The van der Waals surface area contributed by atoms with Gasteiger partial charge in [0.25, 0.3) is 11.8 Å². The maximum atomic E-state index is 12.9. The van der Waals surface area contributed by atoms with E-state index in [2.05, 4.69) is 20.8 Å². The van der Waals surface area contributed by atoms with Crippen molar-refractivity contribution < 1.29 is 9.59 Å². The summed E-state index contributed by atoms with van der Waals surface area (Å²) < 4.78 is 1.88. The first-order valence-corrected chi connectivity index (χ1v) is 9.57. The SMILES string of the molecule is Cn1ccc(C(=O)N2CCCN(C(=O)c3ccc(C(C)(C)C)cc3)CC2)c1. The van der Waals surface area contributed by atoms with Crippen LogP contribution in [-0.4, -0.2) is 52.4 Å². The van der Waals surface area contributed by atoms with E-state index in [1.54, 1.807) is 0 Å². The third-order valence-electron chi connectivity index (χ3n) is 5.15. The van der Waals surface area contributed by atoms with Crippen molar-refractivity contribution >= 4 is 11.8 Å². The second-order valence-corrected chi connectivity index (χ2v) is 8.33. The quantitative estimate of drug-likeness (QED) is 0.817. The van der Waals surface area contributed by atoms with Crippen molar-refractivity contribution in [1.29, 1.82) is 0 Å². The molecule has 0 spiro atoms. The molecule has 1 aromatic heterocycles. The normalized spacial score (nSPS) is 15.6. The smallest absolute Gasteiger partial charge is 0.255 e. The van der Waals surface area contributed by atoms with Crippen molar-refractivity contribution in [2.45, 2.75) is 32.6 Å². The van der Waals surface area contributed by atoms with Crippen LogP contribution in [0.25, 0.3) is 0 Å². The van der Waals surface area contributed by atoms with Gasteiger partial charge in [-0.25, -0.2) is 0 Å². The largest absolute Gasteiger partial charge is 0.356 e. The van der Waals surface area contributed by atoms with Crippen LogP contribution in [0.3, 0.4) is 0 Å². The highest BCUT2D eigenvalue weighted by molar-refractivity contribution is 5.95. The maximum absolute atomic E-state index is 12.9. The lowest BCUT2D eigenvalue weighted by Gasteiger charge is -2.23. The third kappa shape index (κ3) is 4.41. The maximum Gasteiger partial charge on any atom is 0.255 e. The Bertz CT molecular complexity index is 815. The first kappa shape index (κ1) is 19.2. The second-order valence-electron chi connectivity index (χ2n) is 8.33. The summed E-state index contributed by atoms with van der Waals surface area (Å²) in [7, 11) is 1.91. The molecule has 2 amide bonds. The molecule has 0 N–H and O–H groups in total. The minimum Gasteiger partial charge on any atom is -0.356 e. The average Bonchev–Trinajstić information content (AvgIpc) is 2.92. The molecule has 27 heavy (non-hydrogen) atoms. The second kappa shape index (κ2) is 7.59. The zero-order chi connectivity index (χ0) is 19.6. The number of benzene rings is 1. The molecule has 0 bridgehead atoms. The van der Waals surface area contributed by atoms with Gasteiger partial charge in [0.05, 0.1) is 5.56 Å². The molecule has 144 valence electrons. The van der Waals surface area contributed by atoms with Crippen LogP contribution in [0.4, 0.5) is 0 Å². The first-order chi connectivity index (χ1) is 12.8. The predicted molar refractivity (Wildman–Crippen MR) is 107 cm³/mol. The minimum absolute atomic E-state index is 0.0411. The summed E-state index contributed by atoms with van der Waals surface area (Å²) >= 11 is 0. The molecule has 1 fully saturated rings. The predicted octanol–water partition coefficient (Wildman–Crippen LogP) is 3.31. The van der Waals surface area contributed by atoms with Crippen LogP contribution in [0.1, 0.15) is 53.5 Å². The van der Waals surface area contributed by atoms with E-state index in [1.165, 1.54) is 5.56 Å². The number of hydrogen-bond acceptors (Lipinski definition) is 2. The Hall–Kier alpha value is -2.56. The Morgan fingerprint density at radius 1 is 0.815 bits per heavy atom. The van der Waals surface area contributed by atoms with Crippen LogP contribution < -0.4 is 0 Å². The summed E-state index contributed by atoms with van der Waals surface area (Å²) in [4.78, 5) is 29.3. The van der Waals surface area contributed by atoms with E-state index in [0.717, 1.165) is 6.42 Å². The summed E-state index contributed by atoms with van der Waals surface area (Å²) in [5.74, 6) is 0.0869. The number of carbonyl (C=O) groups excluding carboxylic acids is 2. The standard InChI is InChI=1S/C22H29N3O2/c1-22(2,3)19-8-6-17(7-9-19)20(26)24-11-5-12-25(15-14-24)21(27)18-10-13-23(4)16-18/h6-10,13,16H,5,11-12,14-15H2,1-4H3. The number of rotatable bonds is 2. The molecule has 1 aromatic carbocycles. The van der Waals surface area contributed by atoms with Crippen molar-refractivity contribution in [3.8, 4) is 0 Å². The lowest BCUT2D eigenvalue weighted by molar-refractivity contribution is 0.0718. The number of amides is 2. The fourth-order valence-electron chi connectivity index (χ4n) is 3.43. The molecular weight excluding hydrogens is 338 g/mol. The molecule has 0 radical (unpaired) electrons. The van der Waals surface area contributed by atoms with Gasteiger partial charge in [0.1, 0.15) is 0 Å². The molecule has 2 aromatic rings. The summed E-state index contributed by atoms with van der Waals surface area (Å²) in [5.41, 5.74) is 2.71. The van der Waals surface area contributed by atoms with Gasteiger partial charge in [-0.05, 0) is 35.6 Å². The number of carbonyl (C=O) groups is 2. The Kier molecular flexibility index (Phi) is 5.40. The zero-order valence-corrected chi connectivity index (χ0v) is 16.7. The van der Waals surface area contributed by atoms with E-state index < -0.39 is 0 Å². The van der Waals surface area contributed by atoms with Gasteiger partial charge in [-0.3, -0.25) is 9.59 Å². The summed E-state index contributed by atoms with van der Waals surface area (Å²) in [6, 6.07) is 9.75. The highest BCUT2D eigenvalue weighted by Crippen LogP contribution is 2.22. The topological polar surface area (TPSA) is 45.6 Å². The van der Waals surface area contributed by atoms with Gasteiger partial charge in [-0.1, -0.05) is 32.9 Å². The van der Waals surface area contributed by atoms with Crippen molar-refractivity contribution in [3.05, 3.63) is 59.4 Å². The molecule has 5 heteroatoms. The monoisotopic (exact) mass is 367 g/mol. The Morgan fingerprint density at radius 3 is 1.85 bits per heavy atom. The Labute approximate surface area is 161 Å². The van der Waals surface area contributed by atoms with Crippen LogP contribution in [0, 0.1) is 0 Å². The number of nitrogens with zero attached hydrogens (tertiary/aromatic N) is 3. The van der Waals surface area contributed by atoms with Crippen molar-refractivity contribution in [1.82, 2.24) is 14.4 Å². The molecule has 0 saturated carbocycles.